The van der Waals surface area contributed by atoms with Gasteiger partial charge in [-0.15, -0.1) is 22.7 Å². The van der Waals surface area contributed by atoms with Gasteiger partial charge in [-0.25, -0.2) is 9.97 Å². The van der Waals surface area contributed by atoms with Gasteiger partial charge in [0.05, 0.1) is 22.4 Å². The van der Waals surface area contributed by atoms with E-state index in [0.717, 1.165) is 44.3 Å². The Hall–Kier alpha value is -5.42. The van der Waals surface area contributed by atoms with Crippen LogP contribution in [0.25, 0.3) is 95.8 Å². The predicted octanol–water partition coefficient (Wildman–Crippen LogP) is 12.5. The maximum atomic E-state index is 5.22. The highest BCUT2D eigenvalue weighted by Crippen LogP contribution is 2.40. The fourth-order valence-electron chi connectivity index (χ4n) is 6.77. The van der Waals surface area contributed by atoms with E-state index in [2.05, 4.69) is 146 Å². The van der Waals surface area contributed by atoms with Gasteiger partial charge in [0, 0.05) is 62.2 Å². The summed E-state index contributed by atoms with van der Waals surface area (Å²) < 4.78 is 5.27. The summed E-state index contributed by atoms with van der Waals surface area (Å²) in [7, 11) is 0. The zero-order valence-corrected chi connectivity index (χ0v) is 26.2. The minimum Gasteiger partial charge on any atom is -0.245 e. The van der Waals surface area contributed by atoms with Crippen LogP contribution < -0.4 is 0 Å². The molecule has 2 nitrogen and oxygen atoms in total. The van der Waals surface area contributed by atoms with Gasteiger partial charge in [0.1, 0.15) is 0 Å². The zero-order chi connectivity index (χ0) is 30.2. The number of rotatable bonds is 3. The Morgan fingerprint density at radius 2 is 0.913 bits per heavy atom. The molecule has 0 bridgehead atoms. The smallest absolute Gasteiger partial charge is 0.0972 e. The van der Waals surface area contributed by atoms with Crippen LogP contribution in [0.15, 0.2) is 146 Å². The first-order valence-electron chi connectivity index (χ1n) is 15.4. The van der Waals surface area contributed by atoms with Crippen LogP contribution >= 0.6 is 22.7 Å². The maximum absolute atomic E-state index is 5.22. The molecule has 0 aliphatic heterocycles. The van der Waals surface area contributed by atoms with Crippen molar-refractivity contribution in [2.24, 2.45) is 0 Å². The van der Waals surface area contributed by atoms with E-state index in [0.29, 0.717) is 0 Å². The number of thiophene rings is 2. The Balaban J connectivity index is 1.06. The van der Waals surface area contributed by atoms with E-state index in [1.54, 1.807) is 0 Å². The second-order valence-corrected chi connectivity index (χ2v) is 13.9. The minimum atomic E-state index is 0.929. The van der Waals surface area contributed by atoms with Crippen molar-refractivity contribution in [2.75, 3.05) is 0 Å². The number of hydrogen-bond acceptors (Lipinski definition) is 4. The van der Waals surface area contributed by atoms with Crippen LogP contribution in [-0.4, -0.2) is 9.97 Å². The fourth-order valence-corrected chi connectivity index (χ4v) is 9.09. The monoisotopic (exact) mass is 620 g/mol. The lowest BCUT2D eigenvalue weighted by molar-refractivity contribution is 1.37. The first kappa shape index (κ1) is 25.9. The molecule has 0 N–H and O–H groups in total. The van der Waals surface area contributed by atoms with Crippen molar-refractivity contribution in [1.29, 1.82) is 0 Å². The highest BCUT2D eigenvalue weighted by atomic mass is 32.1. The van der Waals surface area contributed by atoms with Crippen LogP contribution in [0, 0.1) is 0 Å². The summed E-state index contributed by atoms with van der Waals surface area (Å²) in [6.07, 6.45) is 0. The number of aromatic nitrogens is 2. The molecule has 0 unspecified atom stereocenters. The lowest BCUT2D eigenvalue weighted by Gasteiger charge is -2.09. The Morgan fingerprint density at radius 3 is 1.65 bits per heavy atom. The Labute approximate surface area is 272 Å². The lowest BCUT2D eigenvalue weighted by atomic mass is 10.00. The number of hydrogen-bond donors (Lipinski definition) is 0. The van der Waals surface area contributed by atoms with Crippen LogP contribution in [0.2, 0.25) is 0 Å². The summed E-state index contributed by atoms with van der Waals surface area (Å²) >= 11 is 3.71. The third-order valence-electron chi connectivity index (χ3n) is 9.09. The predicted molar refractivity (Wildman–Crippen MR) is 199 cm³/mol. The molecule has 0 saturated heterocycles. The Morgan fingerprint density at radius 1 is 0.370 bits per heavy atom. The molecule has 0 aliphatic rings. The average Bonchev–Trinajstić information content (AvgIpc) is 3.69. The van der Waals surface area contributed by atoms with Crippen LogP contribution in [0.3, 0.4) is 0 Å². The van der Waals surface area contributed by atoms with Crippen molar-refractivity contribution in [1.82, 2.24) is 9.97 Å². The molecular weight excluding hydrogens is 597 g/mol. The molecule has 6 aromatic carbocycles. The summed E-state index contributed by atoms with van der Waals surface area (Å²) in [5, 5.41) is 7.41. The average molecular weight is 621 g/mol. The molecule has 0 spiro atoms. The first-order valence-corrected chi connectivity index (χ1v) is 17.0. The highest BCUT2D eigenvalue weighted by molar-refractivity contribution is 7.26. The van der Waals surface area contributed by atoms with Gasteiger partial charge < -0.3 is 0 Å². The summed E-state index contributed by atoms with van der Waals surface area (Å²) in [6.45, 7) is 0. The molecule has 10 aromatic rings. The molecule has 10 rings (SSSR count). The molecule has 0 aliphatic carbocycles. The third-order valence-corrected chi connectivity index (χ3v) is 11.5. The number of pyridine rings is 2. The SMILES string of the molecule is c1ccc2c(c1)sc1ccc(-c3ccc4ccc5ccc(-c6ccc(-c7cccc8c7sc7ccccc78)cc6)nc5c4n3)cc12. The maximum Gasteiger partial charge on any atom is 0.0972 e. The van der Waals surface area contributed by atoms with Crippen molar-refractivity contribution in [3.8, 4) is 33.6 Å². The topological polar surface area (TPSA) is 25.8 Å². The van der Waals surface area contributed by atoms with Crippen LogP contribution in [0.4, 0.5) is 0 Å². The number of fused-ring (bicyclic) bond motifs is 9. The summed E-state index contributed by atoms with van der Waals surface area (Å²) in [5.74, 6) is 0. The van der Waals surface area contributed by atoms with E-state index in [4.69, 9.17) is 9.97 Å². The van der Waals surface area contributed by atoms with Gasteiger partial charge in [-0.1, -0.05) is 109 Å². The van der Waals surface area contributed by atoms with Gasteiger partial charge in [0.2, 0.25) is 0 Å². The van der Waals surface area contributed by atoms with Crippen molar-refractivity contribution in [3.63, 3.8) is 0 Å². The summed E-state index contributed by atoms with van der Waals surface area (Å²) in [4.78, 5) is 10.4. The Kier molecular flexibility index (Phi) is 5.65. The van der Waals surface area contributed by atoms with E-state index in [1.165, 1.54) is 51.5 Å². The van der Waals surface area contributed by atoms with Crippen molar-refractivity contribution < 1.29 is 0 Å². The van der Waals surface area contributed by atoms with E-state index in [-0.39, 0.29) is 0 Å². The largest absolute Gasteiger partial charge is 0.245 e. The zero-order valence-electron chi connectivity index (χ0n) is 24.6. The second-order valence-electron chi connectivity index (χ2n) is 11.8. The summed E-state index contributed by atoms with van der Waals surface area (Å²) in [5.41, 5.74) is 8.47. The third kappa shape index (κ3) is 4.01. The van der Waals surface area contributed by atoms with Gasteiger partial charge >= 0.3 is 0 Å². The lowest BCUT2D eigenvalue weighted by Crippen LogP contribution is -1.91. The first-order chi connectivity index (χ1) is 22.8. The molecule has 0 radical (unpaired) electrons. The van der Waals surface area contributed by atoms with Crippen LogP contribution in [0.5, 0.6) is 0 Å². The van der Waals surface area contributed by atoms with Crippen LogP contribution in [-0.2, 0) is 0 Å². The quantitative estimate of drug-likeness (QED) is 0.184. The van der Waals surface area contributed by atoms with E-state index >= 15 is 0 Å². The highest BCUT2D eigenvalue weighted by Gasteiger charge is 2.13. The second kappa shape index (κ2) is 10.0. The Bertz CT molecular complexity index is 2810. The number of nitrogens with zero attached hydrogens (tertiary/aromatic N) is 2. The van der Waals surface area contributed by atoms with Crippen molar-refractivity contribution >= 4 is 84.8 Å². The molecule has 0 amide bonds. The molecule has 46 heavy (non-hydrogen) atoms. The number of benzene rings is 6. The fraction of sp³-hybridized carbons (Fsp3) is 0. The molecule has 0 fully saturated rings. The standard InChI is InChI=1S/C42H24N2S2/c1-4-11-38-31(6-1)33-9-5-8-30(42(33)46-38)25-12-14-26(15-13-25)35-21-18-27-16-17-28-19-22-36(44-41(28)40(27)43-35)29-20-23-39-34(24-29)32-7-2-3-10-37(32)45-39/h1-24H. The molecule has 4 aromatic heterocycles. The van der Waals surface area contributed by atoms with Gasteiger partial charge in [-0.3, -0.25) is 0 Å². The minimum absolute atomic E-state index is 0.929. The van der Waals surface area contributed by atoms with Gasteiger partial charge in [0.25, 0.3) is 0 Å². The van der Waals surface area contributed by atoms with Crippen molar-refractivity contribution in [3.05, 3.63) is 146 Å². The van der Waals surface area contributed by atoms with Crippen molar-refractivity contribution in [2.45, 2.75) is 0 Å². The van der Waals surface area contributed by atoms with E-state index in [9.17, 15) is 0 Å². The molecule has 0 saturated carbocycles. The molecular formula is C42H24N2S2. The van der Waals surface area contributed by atoms with Crippen LogP contribution in [0.1, 0.15) is 0 Å². The van der Waals surface area contributed by atoms with E-state index < -0.39 is 0 Å². The molecule has 4 heteroatoms. The summed E-state index contributed by atoms with van der Waals surface area (Å²) in [6, 6.07) is 52.4. The van der Waals surface area contributed by atoms with Gasteiger partial charge in [0.15, 0.2) is 0 Å². The molecule has 4 heterocycles. The normalized spacial score (nSPS) is 11.9. The van der Waals surface area contributed by atoms with Gasteiger partial charge in [-0.2, -0.15) is 0 Å². The van der Waals surface area contributed by atoms with E-state index in [1.807, 2.05) is 22.7 Å². The molecule has 214 valence electrons. The molecule has 0 atom stereocenters. The van der Waals surface area contributed by atoms with Gasteiger partial charge in [-0.05, 0) is 47.5 Å².